The molecule has 1 saturated heterocycles. The Kier molecular flexibility index (Phi) is 4.75. The van der Waals surface area contributed by atoms with Crippen molar-refractivity contribution in [3.05, 3.63) is 62.4 Å². The SMILES string of the molecule is O=C1NC(=Nc2ccc(Br)cc2)S/C1=C\c1cc(Cl)ccc1O. The summed E-state index contributed by atoms with van der Waals surface area (Å²) in [6.45, 7) is 0. The number of halogens is 2. The Labute approximate surface area is 150 Å². The molecule has 3 rings (SSSR count). The number of phenolic OH excluding ortho intramolecular Hbond substituents is 1. The largest absolute Gasteiger partial charge is 0.507 e. The van der Waals surface area contributed by atoms with Gasteiger partial charge in [0.25, 0.3) is 5.91 Å². The van der Waals surface area contributed by atoms with E-state index in [0.717, 1.165) is 10.2 Å². The number of carbonyl (C=O) groups is 1. The summed E-state index contributed by atoms with van der Waals surface area (Å²) in [5.41, 5.74) is 1.22. The highest BCUT2D eigenvalue weighted by Crippen LogP contribution is 2.31. The van der Waals surface area contributed by atoms with E-state index < -0.39 is 0 Å². The molecule has 116 valence electrons. The summed E-state index contributed by atoms with van der Waals surface area (Å²) >= 11 is 10.5. The molecule has 1 aliphatic rings. The third-order valence-corrected chi connectivity index (χ3v) is 4.66. The summed E-state index contributed by atoms with van der Waals surface area (Å²) in [6, 6.07) is 12.1. The number of rotatable bonds is 2. The van der Waals surface area contributed by atoms with E-state index in [1.165, 1.54) is 17.8 Å². The van der Waals surface area contributed by atoms with Crippen LogP contribution in [-0.2, 0) is 4.79 Å². The number of phenols is 1. The number of benzene rings is 2. The zero-order valence-corrected chi connectivity index (χ0v) is 14.7. The lowest BCUT2D eigenvalue weighted by Gasteiger charge is -2.00. The number of nitrogens with one attached hydrogen (secondary N) is 1. The van der Waals surface area contributed by atoms with Gasteiger partial charge in [-0.25, -0.2) is 4.99 Å². The Morgan fingerprint density at radius 1 is 1.22 bits per heavy atom. The Morgan fingerprint density at radius 2 is 1.96 bits per heavy atom. The molecule has 2 aromatic carbocycles. The van der Waals surface area contributed by atoms with E-state index in [1.54, 1.807) is 18.2 Å². The number of hydrogen-bond acceptors (Lipinski definition) is 4. The van der Waals surface area contributed by atoms with Gasteiger partial charge in [0.2, 0.25) is 0 Å². The number of amides is 1. The molecule has 1 amide bonds. The molecule has 0 radical (unpaired) electrons. The molecule has 1 heterocycles. The lowest BCUT2D eigenvalue weighted by atomic mass is 10.2. The Morgan fingerprint density at radius 3 is 2.70 bits per heavy atom. The topological polar surface area (TPSA) is 61.7 Å². The van der Waals surface area contributed by atoms with Crippen molar-refractivity contribution in [3.8, 4) is 5.75 Å². The molecule has 0 unspecified atom stereocenters. The predicted molar refractivity (Wildman–Crippen MR) is 98.1 cm³/mol. The minimum Gasteiger partial charge on any atom is -0.507 e. The van der Waals surface area contributed by atoms with Crippen LogP contribution in [0.2, 0.25) is 5.02 Å². The minimum atomic E-state index is -0.259. The van der Waals surface area contributed by atoms with Gasteiger partial charge in [-0.15, -0.1) is 0 Å². The average molecular weight is 410 g/mol. The second-order valence-electron chi connectivity index (χ2n) is 4.66. The number of nitrogens with zero attached hydrogens (tertiary/aromatic N) is 1. The number of hydrogen-bond donors (Lipinski definition) is 2. The molecular formula is C16H10BrClN2O2S. The maximum atomic E-state index is 12.0. The fourth-order valence-electron chi connectivity index (χ4n) is 1.90. The molecule has 7 heteroatoms. The van der Waals surface area contributed by atoms with Crippen LogP contribution in [0.3, 0.4) is 0 Å². The van der Waals surface area contributed by atoms with Gasteiger partial charge in [0.05, 0.1) is 10.6 Å². The fourth-order valence-corrected chi connectivity index (χ4v) is 3.17. The van der Waals surface area contributed by atoms with Crippen LogP contribution in [0.5, 0.6) is 5.75 Å². The van der Waals surface area contributed by atoms with E-state index in [0.29, 0.717) is 20.7 Å². The van der Waals surface area contributed by atoms with Crippen molar-refractivity contribution in [3.63, 3.8) is 0 Å². The lowest BCUT2D eigenvalue weighted by Crippen LogP contribution is -2.19. The van der Waals surface area contributed by atoms with Gasteiger partial charge in [-0.1, -0.05) is 27.5 Å². The standard InChI is InChI=1S/C16H10BrClN2O2S/c17-10-1-4-12(5-2-10)19-16-20-15(22)14(23-16)8-9-7-11(18)3-6-13(9)21/h1-8,21H,(H,19,20,22)/b14-8-. The maximum Gasteiger partial charge on any atom is 0.264 e. The zero-order valence-electron chi connectivity index (χ0n) is 11.6. The lowest BCUT2D eigenvalue weighted by molar-refractivity contribution is -0.115. The van der Waals surface area contributed by atoms with Crippen LogP contribution < -0.4 is 5.32 Å². The van der Waals surface area contributed by atoms with Gasteiger partial charge in [0.15, 0.2) is 5.17 Å². The van der Waals surface area contributed by atoms with Crippen molar-refractivity contribution in [1.29, 1.82) is 0 Å². The Balaban J connectivity index is 1.86. The summed E-state index contributed by atoms with van der Waals surface area (Å²) in [7, 11) is 0. The van der Waals surface area contributed by atoms with Crippen LogP contribution in [-0.4, -0.2) is 16.2 Å². The third kappa shape index (κ3) is 3.96. The smallest absolute Gasteiger partial charge is 0.264 e. The van der Waals surface area contributed by atoms with Crippen molar-refractivity contribution in [2.45, 2.75) is 0 Å². The van der Waals surface area contributed by atoms with Gasteiger partial charge >= 0.3 is 0 Å². The zero-order chi connectivity index (χ0) is 16.4. The van der Waals surface area contributed by atoms with Crippen molar-refractivity contribution < 1.29 is 9.90 Å². The van der Waals surface area contributed by atoms with Gasteiger partial charge < -0.3 is 10.4 Å². The molecule has 0 saturated carbocycles. The molecule has 23 heavy (non-hydrogen) atoms. The summed E-state index contributed by atoms with van der Waals surface area (Å²) in [4.78, 5) is 16.8. The summed E-state index contributed by atoms with van der Waals surface area (Å²) in [5, 5.41) is 13.5. The second kappa shape index (κ2) is 6.78. The molecule has 2 aromatic rings. The Bertz CT molecular complexity index is 834. The number of aromatic hydroxyl groups is 1. The van der Waals surface area contributed by atoms with Crippen LogP contribution in [0, 0.1) is 0 Å². The molecule has 0 aromatic heterocycles. The second-order valence-corrected chi connectivity index (χ2v) is 7.04. The van der Waals surface area contributed by atoms with Gasteiger partial charge in [0, 0.05) is 15.1 Å². The van der Waals surface area contributed by atoms with Crippen molar-refractivity contribution >= 4 is 62.1 Å². The Hall–Kier alpha value is -1.76. The van der Waals surface area contributed by atoms with Crippen LogP contribution in [0.25, 0.3) is 6.08 Å². The molecule has 1 aliphatic heterocycles. The molecule has 2 N–H and O–H groups in total. The molecule has 0 aliphatic carbocycles. The summed E-state index contributed by atoms with van der Waals surface area (Å²) < 4.78 is 0.960. The monoisotopic (exact) mass is 408 g/mol. The van der Waals surface area contributed by atoms with Crippen LogP contribution in [0.15, 0.2) is 56.8 Å². The number of carbonyl (C=O) groups excluding carboxylic acids is 1. The summed E-state index contributed by atoms with van der Waals surface area (Å²) in [5.74, 6) is -0.196. The molecule has 0 bridgehead atoms. The first-order valence-corrected chi connectivity index (χ1v) is 8.54. The van der Waals surface area contributed by atoms with E-state index in [-0.39, 0.29) is 11.7 Å². The minimum absolute atomic E-state index is 0.0635. The first-order chi connectivity index (χ1) is 11.0. The summed E-state index contributed by atoms with van der Waals surface area (Å²) in [6.07, 6.45) is 1.59. The van der Waals surface area contributed by atoms with Gasteiger partial charge in [-0.3, -0.25) is 4.79 Å². The molecule has 4 nitrogen and oxygen atoms in total. The molecule has 1 fully saturated rings. The molecule has 0 atom stereocenters. The highest BCUT2D eigenvalue weighted by Gasteiger charge is 2.24. The van der Waals surface area contributed by atoms with Gasteiger partial charge in [-0.2, -0.15) is 0 Å². The van der Waals surface area contributed by atoms with Crippen LogP contribution in [0.4, 0.5) is 5.69 Å². The van der Waals surface area contributed by atoms with E-state index in [9.17, 15) is 9.90 Å². The molecule has 0 spiro atoms. The molecular weight excluding hydrogens is 400 g/mol. The number of amidine groups is 1. The van der Waals surface area contributed by atoms with E-state index in [4.69, 9.17) is 11.6 Å². The quantitative estimate of drug-likeness (QED) is 0.707. The van der Waals surface area contributed by atoms with Crippen molar-refractivity contribution in [1.82, 2.24) is 5.32 Å². The van der Waals surface area contributed by atoms with Gasteiger partial charge in [0.1, 0.15) is 5.75 Å². The first kappa shape index (κ1) is 16.1. The fraction of sp³-hybridized carbons (Fsp3) is 0. The highest BCUT2D eigenvalue weighted by molar-refractivity contribution is 9.10. The number of aliphatic imine (C=N–C) groups is 1. The van der Waals surface area contributed by atoms with E-state index in [2.05, 4.69) is 26.2 Å². The maximum absolute atomic E-state index is 12.0. The van der Waals surface area contributed by atoms with Gasteiger partial charge in [-0.05, 0) is 60.3 Å². The normalized spacial score (nSPS) is 17.7. The highest BCUT2D eigenvalue weighted by atomic mass is 79.9. The number of thioether (sulfide) groups is 1. The van der Waals surface area contributed by atoms with E-state index >= 15 is 0 Å². The van der Waals surface area contributed by atoms with Crippen molar-refractivity contribution in [2.24, 2.45) is 4.99 Å². The third-order valence-electron chi connectivity index (χ3n) is 2.98. The predicted octanol–water partition coefficient (Wildman–Crippen LogP) is 4.70. The van der Waals surface area contributed by atoms with Crippen LogP contribution in [0.1, 0.15) is 5.56 Å². The van der Waals surface area contributed by atoms with E-state index in [1.807, 2.05) is 24.3 Å². The van der Waals surface area contributed by atoms with Crippen molar-refractivity contribution in [2.75, 3.05) is 0 Å². The van der Waals surface area contributed by atoms with Crippen LogP contribution >= 0.6 is 39.3 Å². The average Bonchev–Trinajstić information content (AvgIpc) is 2.85. The first-order valence-electron chi connectivity index (χ1n) is 6.55.